The predicted octanol–water partition coefficient (Wildman–Crippen LogP) is 4.74. The van der Waals surface area contributed by atoms with Crippen LogP contribution in [0.25, 0.3) is 0 Å². The van der Waals surface area contributed by atoms with Gasteiger partial charge in [-0.15, -0.1) is 0 Å². The van der Waals surface area contributed by atoms with Gasteiger partial charge in [0.2, 0.25) is 5.91 Å². The Morgan fingerprint density at radius 3 is 2.16 bits per heavy atom. The first kappa shape index (κ1) is 23.0. The van der Waals surface area contributed by atoms with E-state index in [1.807, 2.05) is 0 Å². The molecule has 5 nitrogen and oxygen atoms in total. The Morgan fingerprint density at radius 1 is 1.04 bits per heavy atom. The molecule has 0 aliphatic carbocycles. The largest absolute Gasteiger partial charge is 0.496 e. The van der Waals surface area contributed by atoms with Gasteiger partial charge in [-0.25, -0.2) is 0 Å². The van der Waals surface area contributed by atoms with Crippen molar-refractivity contribution in [3.8, 4) is 5.75 Å². The van der Waals surface area contributed by atoms with Gasteiger partial charge < -0.3 is 14.8 Å². The summed E-state index contributed by atoms with van der Waals surface area (Å²) in [6.45, 7) is 8.03. The van der Waals surface area contributed by atoms with Gasteiger partial charge in [-0.05, 0) is 13.0 Å². The van der Waals surface area contributed by atoms with E-state index in [1.54, 1.807) is 25.1 Å². The summed E-state index contributed by atoms with van der Waals surface area (Å²) in [5, 5.41) is 2.65. The van der Waals surface area contributed by atoms with Crippen LogP contribution in [0.5, 0.6) is 5.75 Å². The molecule has 1 aromatic rings. The Labute approximate surface area is 152 Å². The van der Waals surface area contributed by atoms with Crippen LogP contribution in [0.1, 0.15) is 65.4 Å². The highest BCUT2D eigenvalue weighted by molar-refractivity contribution is 5.89. The molecular weight excluding hydrogens is 318 g/mol. The second-order valence-corrected chi connectivity index (χ2v) is 5.75. The standard InChI is InChI=1S/C13H17NO4.C7H16/c1-4-18-13(16)7-10-5-6-11(14-9(2)15)8-12(10)17-3;1-3-5-7-6-4-2/h5-6,8H,4,7H2,1-3H3,(H,14,15);3-7H2,1-2H3. The van der Waals surface area contributed by atoms with E-state index < -0.39 is 0 Å². The van der Waals surface area contributed by atoms with Gasteiger partial charge in [0.1, 0.15) is 5.75 Å². The molecule has 0 aliphatic heterocycles. The first-order chi connectivity index (χ1) is 12.0. The number of carbonyl (C=O) groups excluding carboxylic acids is 2. The number of esters is 1. The van der Waals surface area contributed by atoms with E-state index in [1.165, 1.54) is 46.1 Å². The Bertz CT molecular complexity index is 510. The highest BCUT2D eigenvalue weighted by atomic mass is 16.5. The van der Waals surface area contributed by atoms with E-state index in [2.05, 4.69) is 19.2 Å². The number of amides is 1. The molecule has 1 aromatic carbocycles. The van der Waals surface area contributed by atoms with E-state index in [9.17, 15) is 9.59 Å². The summed E-state index contributed by atoms with van der Waals surface area (Å²) >= 11 is 0. The molecule has 0 spiro atoms. The number of unbranched alkanes of at least 4 members (excludes halogenated alkanes) is 4. The summed E-state index contributed by atoms with van der Waals surface area (Å²) in [4.78, 5) is 22.3. The SMILES string of the molecule is CCCCCCC.CCOC(=O)Cc1ccc(NC(C)=O)cc1OC. The molecule has 0 aromatic heterocycles. The van der Waals surface area contributed by atoms with Crippen LogP contribution < -0.4 is 10.1 Å². The Hall–Kier alpha value is -2.04. The molecule has 0 atom stereocenters. The lowest BCUT2D eigenvalue weighted by Gasteiger charge is -2.10. The average molecular weight is 351 g/mol. The van der Waals surface area contributed by atoms with Gasteiger partial charge in [-0.2, -0.15) is 0 Å². The molecule has 1 N–H and O–H groups in total. The van der Waals surface area contributed by atoms with Crippen molar-refractivity contribution in [3.63, 3.8) is 0 Å². The summed E-state index contributed by atoms with van der Waals surface area (Å²) in [6.07, 6.45) is 7.16. The van der Waals surface area contributed by atoms with E-state index >= 15 is 0 Å². The van der Waals surface area contributed by atoms with Crippen LogP contribution in [0.2, 0.25) is 0 Å². The lowest BCUT2D eigenvalue weighted by Crippen LogP contribution is -2.10. The van der Waals surface area contributed by atoms with Crippen molar-refractivity contribution < 1.29 is 19.1 Å². The fourth-order valence-corrected chi connectivity index (χ4v) is 2.22. The van der Waals surface area contributed by atoms with Gasteiger partial charge in [-0.1, -0.05) is 52.0 Å². The number of benzene rings is 1. The smallest absolute Gasteiger partial charge is 0.310 e. The first-order valence-electron chi connectivity index (χ1n) is 9.08. The van der Waals surface area contributed by atoms with Gasteiger partial charge >= 0.3 is 5.97 Å². The fraction of sp³-hybridized carbons (Fsp3) is 0.600. The fourth-order valence-electron chi connectivity index (χ4n) is 2.22. The minimum Gasteiger partial charge on any atom is -0.496 e. The Morgan fingerprint density at radius 2 is 1.68 bits per heavy atom. The van der Waals surface area contributed by atoms with Crippen molar-refractivity contribution in [2.45, 2.75) is 66.2 Å². The van der Waals surface area contributed by atoms with Gasteiger partial charge in [0.25, 0.3) is 0 Å². The number of ether oxygens (including phenoxy) is 2. The lowest BCUT2D eigenvalue weighted by molar-refractivity contribution is -0.142. The monoisotopic (exact) mass is 351 g/mol. The maximum Gasteiger partial charge on any atom is 0.310 e. The first-order valence-corrected chi connectivity index (χ1v) is 9.08. The van der Waals surface area contributed by atoms with Crippen LogP contribution in [0, 0.1) is 0 Å². The molecule has 25 heavy (non-hydrogen) atoms. The third-order valence-electron chi connectivity index (χ3n) is 3.45. The van der Waals surface area contributed by atoms with Gasteiger partial charge in [-0.3, -0.25) is 9.59 Å². The molecule has 0 bridgehead atoms. The minimum absolute atomic E-state index is 0.150. The zero-order valence-electron chi connectivity index (χ0n) is 16.3. The molecule has 0 fully saturated rings. The summed E-state index contributed by atoms with van der Waals surface area (Å²) in [7, 11) is 1.52. The highest BCUT2D eigenvalue weighted by Crippen LogP contribution is 2.24. The number of anilines is 1. The zero-order valence-corrected chi connectivity index (χ0v) is 16.3. The zero-order chi connectivity index (χ0) is 19.1. The van der Waals surface area contributed by atoms with Crippen LogP contribution in [-0.4, -0.2) is 25.6 Å². The summed E-state index contributed by atoms with van der Waals surface area (Å²) in [6, 6.07) is 5.13. The van der Waals surface area contributed by atoms with Crippen LogP contribution in [-0.2, 0) is 20.7 Å². The second kappa shape index (κ2) is 14.3. The van der Waals surface area contributed by atoms with Crippen molar-refractivity contribution in [2.24, 2.45) is 0 Å². The van der Waals surface area contributed by atoms with E-state index in [-0.39, 0.29) is 18.3 Å². The normalized spacial score (nSPS) is 9.64. The van der Waals surface area contributed by atoms with Crippen molar-refractivity contribution in [2.75, 3.05) is 19.0 Å². The molecule has 0 saturated heterocycles. The molecule has 0 radical (unpaired) electrons. The van der Waals surface area contributed by atoms with Crippen LogP contribution >= 0.6 is 0 Å². The number of methoxy groups -OCH3 is 1. The van der Waals surface area contributed by atoms with Gasteiger partial charge in [0, 0.05) is 24.2 Å². The quantitative estimate of drug-likeness (QED) is 0.516. The van der Waals surface area contributed by atoms with E-state index in [0.717, 1.165) is 5.56 Å². The number of nitrogens with one attached hydrogen (secondary N) is 1. The molecule has 0 aliphatic rings. The topological polar surface area (TPSA) is 64.6 Å². The molecule has 5 heteroatoms. The molecule has 142 valence electrons. The van der Waals surface area contributed by atoms with Crippen molar-refractivity contribution in [1.29, 1.82) is 0 Å². The van der Waals surface area contributed by atoms with Gasteiger partial charge in [0.15, 0.2) is 0 Å². The molecule has 0 unspecified atom stereocenters. The molecular formula is C20H33NO4. The Kier molecular flexibility index (Phi) is 13.1. The van der Waals surface area contributed by atoms with Crippen molar-refractivity contribution in [1.82, 2.24) is 0 Å². The molecule has 1 amide bonds. The van der Waals surface area contributed by atoms with E-state index in [0.29, 0.717) is 18.0 Å². The number of rotatable bonds is 9. The van der Waals surface area contributed by atoms with Crippen LogP contribution in [0.15, 0.2) is 18.2 Å². The predicted molar refractivity (Wildman–Crippen MR) is 102 cm³/mol. The number of hydrogen-bond donors (Lipinski definition) is 1. The molecule has 1 rings (SSSR count). The molecule has 0 heterocycles. The summed E-state index contributed by atoms with van der Waals surface area (Å²) in [5.41, 5.74) is 1.36. The summed E-state index contributed by atoms with van der Waals surface area (Å²) in [5.74, 6) is 0.0903. The minimum atomic E-state index is -0.303. The molecule has 0 saturated carbocycles. The maximum absolute atomic E-state index is 11.4. The third kappa shape index (κ3) is 11.2. The van der Waals surface area contributed by atoms with Gasteiger partial charge in [0.05, 0.1) is 20.1 Å². The highest BCUT2D eigenvalue weighted by Gasteiger charge is 2.10. The van der Waals surface area contributed by atoms with Crippen molar-refractivity contribution in [3.05, 3.63) is 23.8 Å². The van der Waals surface area contributed by atoms with Crippen LogP contribution in [0.4, 0.5) is 5.69 Å². The average Bonchev–Trinajstić information content (AvgIpc) is 2.57. The van der Waals surface area contributed by atoms with Crippen LogP contribution in [0.3, 0.4) is 0 Å². The van der Waals surface area contributed by atoms with E-state index in [4.69, 9.17) is 9.47 Å². The number of hydrogen-bond acceptors (Lipinski definition) is 4. The number of carbonyl (C=O) groups is 2. The van der Waals surface area contributed by atoms with Crippen molar-refractivity contribution >= 4 is 17.6 Å². The Balaban J connectivity index is 0.000000697. The summed E-state index contributed by atoms with van der Waals surface area (Å²) < 4.78 is 10.1. The maximum atomic E-state index is 11.4. The lowest BCUT2D eigenvalue weighted by atomic mass is 10.1. The third-order valence-corrected chi connectivity index (χ3v) is 3.45. The second-order valence-electron chi connectivity index (χ2n) is 5.75.